The average Bonchev–Trinajstić information content (AvgIpc) is 2.71. The molecule has 4 heteroatoms. The number of aromatic nitrogens is 2. The highest BCUT2D eigenvalue weighted by molar-refractivity contribution is 5.70. The van der Waals surface area contributed by atoms with Crippen LogP contribution in [-0.4, -0.2) is 23.3 Å². The molecule has 1 fully saturated rings. The van der Waals surface area contributed by atoms with E-state index in [1.807, 2.05) is 36.4 Å². The molecule has 2 N–H and O–H groups in total. The van der Waals surface area contributed by atoms with Gasteiger partial charge in [0, 0.05) is 17.5 Å². The summed E-state index contributed by atoms with van der Waals surface area (Å²) < 4.78 is 0. The third kappa shape index (κ3) is 3.46. The van der Waals surface area contributed by atoms with Gasteiger partial charge in [0.1, 0.15) is 0 Å². The maximum absolute atomic E-state index is 12.8. The van der Waals surface area contributed by atoms with Crippen molar-refractivity contribution in [1.29, 1.82) is 0 Å². The number of hydrogen-bond acceptors (Lipinski definition) is 3. The van der Waals surface area contributed by atoms with E-state index in [4.69, 9.17) is 0 Å². The Balaban J connectivity index is 1.87. The second-order valence-corrected chi connectivity index (χ2v) is 6.84. The summed E-state index contributed by atoms with van der Waals surface area (Å²) in [6.07, 6.45) is 2.68. The van der Waals surface area contributed by atoms with Crippen molar-refractivity contribution in [3.8, 4) is 11.1 Å². The first kappa shape index (κ1) is 16.7. The Hall–Kier alpha value is -2.72. The van der Waals surface area contributed by atoms with Crippen molar-refractivity contribution in [3.05, 3.63) is 87.8 Å². The van der Waals surface area contributed by atoms with E-state index in [0.29, 0.717) is 6.42 Å². The van der Waals surface area contributed by atoms with Gasteiger partial charge in [-0.15, -0.1) is 0 Å². The van der Waals surface area contributed by atoms with Gasteiger partial charge in [-0.1, -0.05) is 60.7 Å². The maximum atomic E-state index is 12.8. The fourth-order valence-electron chi connectivity index (χ4n) is 3.85. The Kier molecular flexibility index (Phi) is 4.93. The SMILES string of the molecule is O=c1[nH]nc(Cc2ccccc2)c(-c2ccccc2)c1C1CCNCC1. The molecular formula is C22H23N3O. The van der Waals surface area contributed by atoms with Crippen LogP contribution in [0.3, 0.4) is 0 Å². The second kappa shape index (κ2) is 7.67. The van der Waals surface area contributed by atoms with Crippen molar-refractivity contribution in [3.63, 3.8) is 0 Å². The monoisotopic (exact) mass is 345 g/mol. The highest BCUT2D eigenvalue weighted by Gasteiger charge is 2.25. The summed E-state index contributed by atoms with van der Waals surface area (Å²) >= 11 is 0. The van der Waals surface area contributed by atoms with E-state index >= 15 is 0 Å². The second-order valence-electron chi connectivity index (χ2n) is 6.84. The maximum Gasteiger partial charge on any atom is 0.268 e. The first-order chi connectivity index (χ1) is 12.8. The first-order valence-corrected chi connectivity index (χ1v) is 9.24. The Morgan fingerprint density at radius 2 is 1.58 bits per heavy atom. The number of rotatable bonds is 4. The molecule has 4 nitrogen and oxygen atoms in total. The van der Waals surface area contributed by atoms with Crippen molar-refractivity contribution in [2.45, 2.75) is 25.2 Å². The molecule has 2 aromatic carbocycles. The van der Waals surface area contributed by atoms with Crippen molar-refractivity contribution in [2.75, 3.05) is 13.1 Å². The van der Waals surface area contributed by atoms with Gasteiger partial charge in [0.25, 0.3) is 5.56 Å². The summed E-state index contributed by atoms with van der Waals surface area (Å²) in [5, 5.41) is 10.6. The average molecular weight is 345 g/mol. The third-order valence-corrected chi connectivity index (χ3v) is 5.12. The van der Waals surface area contributed by atoms with Gasteiger partial charge in [0.15, 0.2) is 0 Å². The van der Waals surface area contributed by atoms with Crippen LogP contribution in [-0.2, 0) is 6.42 Å². The summed E-state index contributed by atoms with van der Waals surface area (Å²) in [7, 11) is 0. The molecule has 0 unspecified atom stereocenters. The lowest BCUT2D eigenvalue weighted by molar-refractivity contribution is 0.457. The van der Waals surface area contributed by atoms with Crippen LogP contribution in [0.25, 0.3) is 11.1 Å². The van der Waals surface area contributed by atoms with Gasteiger partial charge in [0.2, 0.25) is 0 Å². The van der Waals surface area contributed by atoms with Gasteiger partial charge < -0.3 is 5.32 Å². The molecule has 3 aromatic rings. The summed E-state index contributed by atoms with van der Waals surface area (Å²) in [6.45, 7) is 1.91. The molecule has 1 aliphatic rings. The zero-order valence-electron chi connectivity index (χ0n) is 14.7. The number of piperidine rings is 1. The molecule has 0 amide bonds. The molecule has 0 bridgehead atoms. The molecule has 132 valence electrons. The Morgan fingerprint density at radius 1 is 0.923 bits per heavy atom. The van der Waals surface area contributed by atoms with Crippen LogP contribution in [0.2, 0.25) is 0 Å². The molecule has 4 rings (SSSR count). The lowest BCUT2D eigenvalue weighted by Gasteiger charge is -2.25. The quantitative estimate of drug-likeness (QED) is 0.761. The molecular weight excluding hydrogens is 322 g/mol. The third-order valence-electron chi connectivity index (χ3n) is 5.12. The molecule has 0 atom stereocenters. The van der Waals surface area contributed by atoms with Gasteiger partial charge in [-0.2, -0.15) is 5.10 Å². The van der Waals surface area contributed by atoms with E-state index in [2.05, 4.69) is 39.8 Å². The lowest BCUT2D eigenvalue weighted by Crippen LogP contribution is -2.31. The van der Waals surface area contributed by atoms with Crippen LogP contribution in [0.4, 0.5) is 0 Å². The Bertz CT molecular complexity index is 913. The molecule has 0 saturated carbocycles. The molecule has 2 heterocycles. The molecule has 26 heavy (non-hydrogen) atoms. The standard InChI is InChI=1S/C22H23N3O/c26-22-21(18-11-13-23-14-12-18)20(17-9-5-2-6-10-17)19(24-25-22)15-16-7-3-1-4-8-16/h1-10,18,23H,11-15H2,(H,25,26). The number of benzene rings is 2. The first-order valence-electron chi connectivity index (χ1n) is 9.24. The summed E-state index contributed by atoms with van der Waals surface area (Å²) in [5.74, 6) is 0.271. The summed E-state index contributed by atoms with van der Waals surface area (Å²) in [5.41, 5.74) is 5.08. The van der Waals surface area contributed by atoms with Crippen molar-refractivity contribution < 1.29 is 0 Å². The molecule has 0 radical (unpaired) electrons. The summed E-state index contributed by atoms with van der Waals surface area (Å²) in [6, 6.07) is 20.5. The Labute approximate surface area is 153 Å². The Morgan fingerprint density at radius 3 is 2.27 bits per heavy atom. The normalized spacial score (nSPS) is 15.1. The van der Waals surface area contributed by atoms with Gasteiger partial charge >= 0.3 is 0 Å². The van der Waals surface area contributed by atoms with E-state index in [0.717, 1.165) is 48.3 Å². The fraction of sp³-hybridized carbons (Fsp3) is 0.273. The van der Waals surface area contributed by atoms with Crippen molar-refractivity contribution >= 4 is 0 Å². The minimum absolute atomic E-state index is 0.0486. The van der Waals surface area contributed by atoms with Crippen LogP contribution < -0.4 is 10.9 Å². The minimum atomic E-state index is -0.0486. The van der Waals surface area contributed by atoms with Gasteiger partial charge in [-0.25, -0.2) is 5.10 Å². The van der Waals surface area contributed by atoms with Crippen molar-refractivity contribution in [2.24, 2.45) is 0 Å². The summed E-state index contributed by atoms with van der Waals surface area (Å²) in [4.78, 5) is 12.8. The minimum Gasteiger partial charge on any atom is -0.317 e. The molecule has 0 aliphatic carbocycles. The number of H-pyrrole nitrogens is 1. The highest BCUT2D eigenvalue weighted by atomic mass is 16.1. The molecule has 0 spiro atoms. The zero-order chi connectivity index (χ0) is 17.8. The van der Waals surface area contributed by atoms with Gasteiger partial charge in [-0.05, 0) is 43.0 Å². The van der Waals surface area contributed by atoms with Gasteiger partial charge in [-0.3, -0.25) is 4.79 Å². The smallest absolute Gasteiger partial charge is 0.268 e. The van der Waals surface area contributed by atoms with Crippen molar-refractivity contribution in [1.82, 2.24) is 15.5 Å². The highest BCUT2D eigenvalue weighted by Crippen LogP contribution is 2.33. The predicted octanol–water partition coefficient (Wildman–Crippen LogP) is 3.49. The zero-order valence-corrected chi connectivity index (χ0v) is 14.7. The fourth-order valence-corrected chi connectivity index (χ4v) is 3.85. The number of hydrogen-bond donors (Lipinski definition) is 2. The number of nitrogens with one attached hydrogen (secondary N) is 2. The van der Waals surface area contributed by atoms with Gasteiger partial charge in [0.05, 0.1) is 5.69 Å². The largest absolute Gasteiger partial charge is 0.317 e. The van der Waals surface area contributed by atoms with Crippen LogP contribution in [0, 0.1) is 0 Å². The lowest BCUT2D eigenvalue weighted by atomic mass is 9.84. The topological polar surface area (TPSA) is 57.8 Å². The van der Waals surface area contributed by atoms with Crippen LogP contribution >= 0.6 is 0 Å². The van der Waals surface area contributed by atoms with Crippen LogP contribution in [0.15, 0.2) is 65.5 Å². The number of nitrogens with zero attached hydrogens (tertiary/aromatic N) is 1. The van der Waals surface area contributed by atoms with E-state index in [-0.39, 0.29) is 11.5 Å². The van der Waals surface area contributed by atoms with E-state index in [1.54, 1.807) is 0 Å². The van der Waals surface area contributed by atoms with Crippen LogP contribution in [0.1, 0.15) is 35.6 Å². The predicted molar refractivity (Wildman–Crippen MR) is 104 cm³/mol. The van der Waals surface area contributed by atoms with E-state index in [9.17, 15) is 4.79 Å². The van der Waals surface area contributed by atoms with Crippen LogP contribution in [0.5, 0.6) is 0 Å². The van der Waals surface area contributed by atoms with E-state index < -0.39 is 0 Å². The molecule has 1 aromatic heterocycles. The van der Waals surface area contributed by atoms with E-state index in [1.165, 1.54) is 5.56 Å². The molecule has 1 saturated heterocycles. The molecule has 1 aliphatic heterocycles. The number of aromatic amines is 1.